The highest BCUT2D eigenvalue weighted by molar-refractivity contribution is 5.98. The lowest BCUT2D eigenvalue weighted by Gasteiger charge is -1.97. The highest BCUT2D eigenvalue weighted by atomic mass is 16.3. The molecule has 0 fully saturated rings. The van der Waals surface area contributed by atoms with Crippen LogP contribution in [0.1, 0.15) is 28.7 Å². The molecule has 2 rings (SSSR count). The first-order valence-electron chi connectivity index (χ1n) is 3.31. The first-order valence-corrected chi connectivity index (χ1v) is 3.31. The van der Waals surface area contributed by atoms with Crippen LogP contribution in [0.4, 0.5) is 0 Å². The van der Waals surface area contributed by atoms with E-state index in [-0.39, 0.29) is 12.2 Å². The van der Waals surface area contributed by atoms with E-state index in [1.807, 2.05) is 0 Å². The van der Waals surface area contributed by atoms with Gasteiger partial charge in [0.1, 0.15) is 11.8 Å². The molecule has 56 valence electrons. The molecule has 1 unspecified atom stereocenters. The molecule has 0 spiro atoms. The molecule has 1 atom stereocenters. The summed E-state index contributed by atoms with van der Waals surface area (Å²) >= 11 is 0. The van der Waals surface area contributed by atoms with Crippen LogP contribution in [0, 0.1) is 0 Å². The minimum absolute atomic E-state index is 0.124. The summed E-state index contributed by atoms with van der Waals surface area (Å²) in [6.45, 7) is 0. The standard InChI is InChI=1S/C7H6N2O2/c10-4-3-5(11)7-6(4)8-1-2-9-7/h1-2,4,10H,3H2. The maximum Gasteiger partial charge on any atom is 0.186 e. The van der Waals surface area contributed by atoms with Gasteiger partial charge in [0.2, 0.25) is 0 Å². The first kappa shape index (κ1) is 6.42. The summed E-state index contributed by atoms with van der Waals surface area (Å²) in [5.41, 5.74) is 0.734. The molecule has 1 heterocycles. The molecule has 0 aliphatic heterocycles. The third-order valence-corrected chi connectivity index (χ3v) is 1.69. The van der Waals surface area contributed by atoms with Crippen LogP contribution in [0.5, 0.6) is 0 Å². The van der Waals surface area contributed by atoms with E-state index >= 15 is 0 Å². The fraction of sp³-hybridized carbons (Fsp3) is 0.286. The average Bonchev–Trinajstić information content (AvgIpc) is 2.30. The normalized spacial score (nSPS) is 21.9. The van der Waals surface area contributed by atoms with Crippen LogP contribution in [0.2, 0.25) is 0 Å². The van der Waals surface area contributed by atoms with E-state index in [2.05, 4.69) is 9.97 Å². The van der Waals surface area contributed by atoms with Gasteiger partial charge in [-0.1, -0.05) is 0 Å². The summed E-state index contributed by atoms with van der Waals surface area (Å²) in [7, 11) is 0. The maximum absolute atomic E-state index is 11.0. The van der Waals surface area contributed by atoms with Crippen LogP contribution in [0.25, 0.3) is 0 Å². The number of aromatic nitrogens is 2. The van der Waals surface area contributed by atoms with Gasteiger partial charge >= 0.3 is 0 Å². The van der Waals surface area contributed by atoms with Gasteiger partial charge in [-0.05, 0) is 0 Å². The van der Waals surface area contributed by atoms with Crippen LogP contribution in [0.15, 0.2) is 12.4 Å². The average molecular weight is 150 g/mol. The van der Waals surface area contributed by atoms with E-state index in [0.717, 1.165) is 0 Å². The van der Waals surface area contributed by atoms with Gasteiger partial charge in [-0.25, -0.2) is 4.98 Å². The van der Waals surface area contributed by atoms with Crippen molar-refractivity contribution >= 4 is 5.78 Å². The zero-order valence-corrected chi connectivity index (χ0v) is 5.69. The summed E-state index contributed by atoms with van der Waals surface area (Å²) in [6, 6.07) is 0. The van der Waals surface area contributed by atoms with Crippen LogP contribution in [-0.2, 0) is 0 Å². The predicted molar refractivity (Wildman–Crippen MR) is 35.9 cm³/mol. The predicted octanol–water partition coefficient (Wildman–Crippen LogP) is 0.0964. The topological polar surface area (TPSA) is 63.1 Å². The van der Waals surface area contributed by atoms with Crippen LogP contribution in [0.3, 0.4) is 0 Å². The van der Waals surface area contributed by atoms with E-state index < -0.39 is 6.10 Å². The summed E-state index contributed by atoms with van der Waals surface area (Å²) < 4.78 is 0. The molecule has 4 heteroatoms. The smallest absolute Gasteiger partial charge is 0.186 e. The molecule has 0 saturated carbocycles. The van der Waals surface area contributed by atoms with Crippen molar-refractivity contribution in [3.05, 3.63) is 23.8 Å². The molecule has 1 N–H and O–H groups in total. The Kier molecular flexibility index (Phi) is 1.22. The Hall–Kier alpha value is -1.29. The van der Waals surface area contributed by atoms with E-state index in [1.165, 1.54) is 12.4 Å². The van der Waals surface area contributed by atoms with Crippen molar-refractivity contribution in [1.29, 1.82) is 0 Å². The number of carbonyl (C=O) groups is 1. The molecular formula is C7H6N2O2. The number of aliphatic hydroxyl groups excluding tert-OH is 1. The zero-order valence-electron chi connectivity index (χ0n) is 5.69. The van der Waals surface area contributed by atoms with Gasteiger partial charge in [-0.15, -0.1) is 0 Å². The molecule has 0 amide bonds. The van der Waals surface area contributed by atoms with Crippen molar-refractivity contribution in [1.82, 2.24) is 9.97 Å². The molecule has 0 saturated heterocycles. The Balaban J connectivity index is 2.60. The molecule has 1 aliphatic carbocycles. The van der Waals surface area contributed by atoms with Crippen molar-refractivity contribution in [2.75, 3.05) is 0 Å². The molecule has 1 aliphatic rings. The Bertz CT molecular complexity index is 311. The van der Waals surface area contributed by atoms with Gasteiger partial charge < -0.3 is 5.11 Å². The van der Waals surface area contributed by atoms with Crippen LogP contribution < -0.4 is 0 Å². The fourth-order valence-corrected chi connectivity index (χ4v) is 1.18. The number of hydrogen-bond acceptors (Lipinski definition) is 4. The summed E-state index contributed by atoms with van der Waals surface area (Å²) in [5.74, 6) is -0.124. The van der Waals surface area contributed by atoms with Gasteiger partial charge in [0, 0.05) is 18.8 Å². The minimum atomic E-state index is -0.744. The molecule has 0 aromatic carbocycles. The minimum Gasteiger partial charge on any atom is -0.386 e. The molecule has 1 aromatic rings. The zero-order chi connectivity index (χ0) is 7.84. The highest BCUT2D eigenvalue weighted by Gasteiger charge is 2.29. The molecule has 4 nitrogen and oxygen atoms in total. The number of nitrogens with zero attached hydrogens (tertiary/aromatic N) is 2. The number of hydrogen-bond donors (Lipinski definition) is 1. The van der Waals surface area contributed by atoms with Crippen LogP contribution in [-0.4, -0.2) is 20.9 Å². The van der Waals surface area contributed by atoms with Gasteiger partial charge in [-0.2, -0.15) is 0 Å². The van der Waals surface area contributed by atoms with Crippen molar-refractivity contribution < 1.29 is 9.90 Å². The highest BCUT2D eigenvalue weighted by Crippen LogP contribution is 2.26. The van der Waals surface area contributed by atoms with Crippen molar-refractivity contribution in [3.8, 4) is 0 Å². The second-order valence-electron chi connectivity index (χ2n) is 2.43. The third kappa shape index (κ3) is 0.832. The van der Waals surface area contributed by atoms with E-state index in [9.17, 15) is 9.90 Å². The number of ketones is 1. The number of aliphatic hydroxyl groups is 1. The Labute approximate surface area is 62.9 Å². The fourth-order valence-electron chi connectivity index (χ4n) is 1.18. The lowest BCUT2D eigenvalue weighted by atomic mass is 10.3. The molecule has 0 bridgehead atoms. The SMILES string of the molecule is O=C1CC(O)c2nccnc21. The van der Waals surface area contributed by atoms with Crippen LogP contribution >= 0.6 is 0 Å². The molecular weight excluding hydrogens is 144 g/mol. The summed E-state index contributed by atoms with van der Waals surface area (Å²) in [6.07, 6.45) is 2.31. The monoisotopic (exact) mass is 150 g/mol. The largest absolute Gasteiger partial charge is 0.386 e. The quantitative estimate of drug-likeness (QED) is 0.569. The lowest BCUT2D eigenvalue weighted by molar-refractivity contribution is 0.0925. The number of fused-ring (bicyclic) bond motifs is 1. The lowest BCUT2D eigenvalue weighted by Crippen LogP contribution is -1.96. The summed E-state index contributed by atoms with van der Waals surface area (Å²) in [4.78, 5) is 18.7. The van der Waals surface area contributed by atoms with E-state index in [4.69, 9.17) is 0 Å². The maximum atomic E-state index is 11.0. The summed E-state index contributed by atoms with van der Waals surface area (Å²) in [5, 5.41) is 9.23. The van der Waals surface area contributed by atoms with E-state index in [1.54, 1.807) is 0 Å². The van der Waals surface area contributed by atoms with E-state index in [0.29, 0.717) is 11.4 Å². The first-order chi connectivity index (χ1) is 5.29. The van der Waals surface area contributed by atoms with Gasteiger partial charge in [-0.3, -0.25) is 9.78 Å². The van der Waals surface area contributed by atoms with Gasteiger partial charge in [0.25, 0.3) is 0 Å². The second kappa shape index (κ2) is 2.10. The van der Waals surface area contributed by atoms with Gasteiger partial charge in [0.15, 0.2) is 5.78 Å². The number of Topliss-reactive ketones (excluding diaryl/α,β-unsaturated/α-hetero) is 1. The number of carbonyl (C=O) groups excluding carboxylic acids is 1. The van der Waals surface area contributed by atoms with Crippen molar-refractivity contribution in [2.24, 2.45) is 0 Å². The van der Waals surface area contributed by atoms with Gasteiger partial charge in [0.05, 0.1) is 5.69 Å². The second-order valence-corrected chi connectivity index (χ2v) is 2.43. The molecule has 0 radical (unpaired) electrons. The third-order valence-electron chi connectivity index (χ3n) is 1.69. The van der Waals surface area contributed by atoms with Crippen molar-refractivity contribution in [3.63, 3.8) is 0 Å². The number of rotatable bonds is 0. The Morgan fingerprint density at radius 1 is 1.45 bits per heavy atom. The molecule has 1 aromatic heterocycles. The van der Waals surface area contributed by atoms with Crippen molar-refractivity contribution in [2.45, 2.75) is 12.5 Å². The molecule has 11 heavy (non-hydrogen) atoms. The Morgan fingerprint density at radius 2 is 2.18 bits per heavy atom. The Morgan fingerprint density at radius 3 is 2.91 bits per heavy atom.